The number of benzene rings is 2. The number of hydrogen-bond acceptors (Lipinski definition) is 4. The molecule has 0 aliphatic heterocycles. The molecular weight excluding hydrogens is 316 g/mol. The molecule has 4 heteroatoms. The fraction of sp³-hybridized carbons (Fsp3) is 0.238. The first kappa shape index (κ1) is 18.5. The quantitative estimate of drug-likeness (QED) is 0.391. The van der Waals surface area contributed by atoms with E-state index in [0.29, 0.717) is 25.2 Å². The van der Waals surface area contributed by atoms with Gasteiger partial charge in [0.1, 0.15) is 12.4 Å². The van der Waals surface area contributed by atoms with Crippen LogP contribution in [0, 0.1) is 0 Å². The number of esters is 1. The molecule has 2 rings (SSSR count). The zero-order valence-electron chi connectivity index (χ0n) is 14.4. The molecule has 0 saturated carbocycles. The molecule has 0 heterocycles. The van der Waals surface area contributed by atoms with E-state index < -0.39 is 0 Å². The highest BCUT2D eigenvalue weighted by Crippen LogP contribution is 2.12. The van der Waals surface area contributed by atoms with E-state index in [1.165, 1.54) is 0 Å². The lowest BCUT2D eigenvalue weighted by molar-refractivity contribution is 0.0529. The third-order valence-electron chi connectivity index (χ3n) is 3.61. The van der Waals surface area contributed by atoms with E-state index in [1.807, 2.05) is 30.3 Å². The molecule has 130 valence electrons. The van der Waals surface area contributed by atoms with Gasteiger partial charge >= 0.3 is 5.97 Å². The Balaban J connectivity index is 1.69. The Morgan fingerprint density at radius 2 is 1.80 bits per heavy atom. The monoisotopic (exact) mass is 338 g/mol. The third kappa shape index (κ3) is 6.30. The first-order chi connectivity index (χ1) is 12.2. The Morgan fingerprint density at radius 3 is 2.44 bits per heavy atom. The highest BCUT2D eigenvalue weighted by atomic mass is 16.5. The van der Waals surface area contributed by atoms with E-state index in [9.17, 15) is 4.79 Å². The molecule has 0 fully saturated rings. The average molecular weight is 338 g/mol. The molecule has 0 aliphatic rings. The van der Waals surface area contributed by atoms with Gasteiger partial charge in [0.2, 0.25) is 0 Å². The van der Waals surface area contributed by atoms with Crippen molar-refractivity contribution in [3.8, 4) is 5.75 Å². The van der Waals surface area contributed by atoms with E-state index in [1.54, 1.807) is 31.4 Å². The molecule has 0 aliphatic carbocycles. The minimum absolute atomic E-state index is 0.170. The molecule has 0 spiro atoms. The molecule has 0 radical (unpaired) electrons. The van der Waals surface area contributed by atoms with Gasteiger partial charge in [-0.1, -0.05) is 36.9 Å². The number of carbonyl (C=O) groups is 1. The van der Waals surface area contributed by atoms with Gasteiger partial charge in [0.25, 0.3) is 0 Å². The number of hydrogen-bond donors (Lipinski definition) is 0. The summed E-state index contributed by atoms with van der Waals surface area (Å²) in [5.74, 6) is 0.466. The minimum atomic E-state index is -0.354. The summed E-state index contributed by atoms with van der Waals surface area (Å²) in [6, 6.07) is 16.6. The smallest absolute Gasteiger partial charge is 0.338 e. The minimum Gasteiger partial charge on any atom is -0.497 e. The molecule has 4 nitrogen and oxygen atoms in total. The van der Waals surface area contributed by atoms with Crippen molar-refractivity contribution >= 4 is 5.97 Å². The number of rotatable bonds is 9. The van der Waals surface area contributed by atoms with Gasteiger partial charge in [0.05, 0.1) is 25.9 Å². The van der Waals surface area contributed by atoms with Crippen molar-refractivity contribution in [2.45, 2.75) is 13.0 Å². The molecule has 0 unspecified atom stereocenters. The van der Waals surface area contributed by atoms with Crippen LogP contribution < -0.4 is 4.74 Å². The van der Waals surface area contributed by atoms with Crippen LogP contribution in [0.3, 0.4) is 0 Å². The van der Waals surface area contributed by atoms with Crippen LogP contribution in [-0.2, 0) is 16.1 Å². The van der Waals surface area contributed by atoms with Gasteiger partial charge in [-0.2, -0.15) is 0 Å². The summed E-state index contributed by atoms with van der Waals surface area (Å²) < 4.78 is 16.0. The molecule has 0 bridgehead atoms. The molecule has 2 aromatic rings. The third-order valence-corrected chi connectivity index (χ3v) is 3.61. The van der Waals surface area contributed by atoms with Crippen LogP contribution in [-0.4, -0.2) is 26.3 Å². The molecule has 0 atom stereocenters. The van der Waals surface area contributed by atoms with Gasteiger partial charge in [-0.25, -0.2) is 4.79 Å². The second-order valence-corrected chi connectivity index (χ2v) is 5.37. The van der Waals surface area contributed by atoms with Crippen LogP contribution >= 0.6 is 0 Å². The van der Waals surface area contributed by atoms with Crippen molar-refractivity contribution < 1.29 is 19.0 Å². The first-order valence-corrected chi connectivity index (χ1v) is 8.03. The molecule has 0 amide bonds. The fourth-order valence-electron chi connectivity index (χ4n) is 2.13. The summed E-state index contributed by atoms with van der Waals surface area (Å²) in [6.45, 7) is 4.83. The Hall–Kier alpha value is -2.81. The topological polar surface area (TPSA) is 44.8 Å². The van der Waals surface area contributed by atoms with Crippen molar-refractivity contribution in [2.24, 2.45) is 0 Å². The number of methoxy groups -OCH3 is 1. The van der Waals surface area contributed by atoms with E-state index >= 15 is 0 Å². The number of carbonyl (C=O) groups excluding carboxylic acids is 1. The highest BCUT2D eigenvalue weighted by molar-refractivity contribution is 5.89. The predicted molar refractivity (Wildman–Crippen MR) is 96.6 cm³/mol. The lowest BCUT2D eigenvalue weighted by Gasteiger charge is -2.08. The maximum Gasteiger partial charge on any atom is 0.338 e. The van der Waals surface area contributed by atoms with Crippen LogP contribution in [0.1, 0.15) is 22.3 Å². The highest BCUT2D eigenvalue weighted by Gasteiger charge is 2.07. The maximum atomic E-state index is 11.9. The van der Waals surface area contributed by atoms with Crippen LogP contribution in [0.2, 0.25) is 0 Å². The maximum absolute atomic E-state index is 11.9. The van der Waals surface area contributed by atoms with Gasteiger partial charge in [-0.15, -0.1) is 5.73 Å². The summed E-state index contributed by atoms with van der Waals surface area (Å²) >= 11 is 0. The summed E-state index contributed by atoms with van der Waals surface area (Å²) in [7, 11) is 1.64. The molecule has 0 aromatic heterocycles. The van der Waals surface area contributed by atoms with E-state index in [0.717, 1.165) is 16.9 Å². The van der Waals surface area contributed by atoms with Crippen LogP contribution in [0.25, 0.3) is 0 Å². The molecular formula is C21H22O4. The largest absolute Gasteiger partial charge is 0.497 e. The molecule has 0 N–H and O–H groups in total. The van der Waals surface area contributed by atoms with Crippen molar-refractivity contribution in [2.75, 3.05) is 20.3 Å². The van der Waals surface area contributed by atoms with Crippen molar-refractivity contribution in [3.05, 3.63) is 83.6 Å². The Kier molecular flexibility index (Phi) is 7.51. The first-order valence-electron chi connectivity index (χ1n) is 8.03. The van der Waals surface area contributed by atoms with Crippen molar-refractivity contribution in [1.29, 1.82) is 0 Å². The molecule has 2 aromatic carbocycles. The standard InChI is InChI=1S/C21H22O4/c1-3-17(16-25-21(22)19-7-5-4-6-8-19)13-14-24-15-18-9-11-20(23-2)12-10-18/h4-12H,1,13-16H2,2H3. The summed E-state index contributed by atoms with van der Waals surface area (Å²) in [5, 5.41) is 0. The van der Waals surface area contributed by atoms with Crippen LogP contribution in [0.5, 0.6) is 5.75 Å². The molecule has 0 saturated heterocycles. The van der Waals surface area contributed by atoms with Crippen LogP contribution in [0.4, 0.5) is 0 Å². The Morgan fingerprint density at radius 1 is 1.08 bits per heavy atom. The summed E-state index contributed by atoms with van der Waals surface area (Å²) in [4.78, 5) is 11.9. The zero-order valence-corrected chi connectivity index (χ0v) is 14.4. The number of ether oxygens (including phenoxy) is 3. The second-order valence-electron chi connectivity index (χ2n) is 5.37. The Bertz CT molecular complexity index is 713. The SMILES string of the molecule is C=C=C(CCOCc1ccc(OC)cc1)COC(=O)c1ccccc1. The van der Waals surface area contributed by atoms with Crippen LogP contribution in [0.15, 0.2) is 72.5 Å². The molecule has 25 heavy (non-hydrogen) atoms. The lowest BCUT2D eigenvalue weighted by Crippen LogP contribution is -2.09. The van der Waals surface area contributed by atoms with Gasteiger partial charge in [0.15, 0.2) is 0 Å². The van der Waals surface area contributed by atoms with Crippen molar-refractivity contribution in [1.82, 2.24) is 0 Å². The summed E-state index contributed by atoms with van der Waals surface area (Å²) in [6.07, 6.45) is 0.613. The van der Waals surface area contributed by atoms with Gasteiger partial charge in [0, 0.05) is 12.0 Å². The average Bonchev–Trinajstić information content (AvgIpc) is 2.68. The van der Waals surface area contributed by atoms with E-state index in [4.69, 9.17) is 14.2 Å². The van der Waals surface area contributed by atoms with E-state index in [-0.39, 0.29) is 12.6 Å². The van der Waals surface area contributed by atoms with Gasteiger partial charge < -0.3 is 14.2 Å². The second kappa shape index (κ2) is 10.1. The van der Waals surface area contributed by atoms with Gasteiger partial charge in [-0.05, 0) is 29.8 Å². The zero-order chi connectivity index (χ0) is 17.9. The van der Waals surface area contributed by atoms with E-state index in [2.05, 4.69) is 12.3 Å². The summed E-state index contributed by atoms with van der Waals surface area (Å²) in [5.41, 5.74) is 5.22. The van der Waals surface area contributed by atoms with Crippen molar-refractivity contribution in [3.63, 3.8) is 0 Å². The normalized spacial score (nSPS) is 9.96. The lowest BCUT2D eigenvalue weighted by atomic mass is 10.2. The Labute approximate surface area is 148 Å². The fourth-order valence-corrected chi connectivity index (χ4v) is 2.13. The predicted octanol–water partition coefficient (Wildman–Crippen LogP) is 4.17. The van der Waals surface area contributed by atoms with Gasteiger partial charge in [-0.3, -0.25) is 0 Å².